The van der Waals surface area contributed by atoms with E-state index in [1.807, 2.05) is 0 Å². The van der Waals surface area contributed by atoms with Crippen molar-refractivity contribution in [2.75, 3.05) is 19.8 Å². The van der Waals surface area contributed by atoms with Gasteiger partial charge in [0.05, 0.1) is 0 Å². The molecule has 0 spiro atoms. The molecule has 0 heterocycles. The number of carbonyl (C=O) groups excluding carboxylic acids is 4. The van der Waals surface area contributed by atoms with Crippen LogP contribution < -0.4 is 0 Å². The molecule has 0 fully saturated rings. The minimum Gasteiger partial charge on any atom is -0.453 e. The molecule has 0 aliphatic rings. The van der Waals surface area contributed by atoms with Crippen molar-refractivity contribution in [1.82, 2.24) is 4.90 Å². The van der Waals surface area contributed by atoms with Gasteiger partial charge in [-0.25, -0.2) is 9.59 Å². The number of amides is 2. The molecule has 0 aromatic heterocycles. The normalized spacial score (nSPS) is 9.35. The molecule has 9 heteroatoms. The number of nitrogens with zero attached hydrogens (tertiary/aromatic N) is 1. The summed E-state index contributed by atoms with van der Waals surface area (Å²) in [7, 11) is 3.48. The van der Waals surface area contributed by atoms with Crippen LogP contribution in [0.25, 0.3) is 0 Å². The number of hydrogen-bond acceptors (Lipinski definition) is 6. The highest BCUT2D eigenvalue weighted by atomic mass is 31.0. The summed E-state index contributed by atoms with van der Waals surface area (Å²) < 4.78 is 8.86. The molecule has 17 heavy (non-hydrogen) atoms. The number of hydrogen-bond donors (Lipinski definition) is 0. The summed E-state index contributed by atoms with van der Waals surface area (Å²) in [6.45, 7) is 0.606. The van der Waals surface area contributed by atoms with Crippen molar-refractivity contribution in [3.05, 3.63) is 0 Å². The van der Waals surface area contributed by atoms with Gasteiger partial charge in [0.2, 0.25) is 0 Å². The van der Waals surface area contributed by atoms with E-state index in [4.69, 9.17) is 0 Å². The van der Waals surface area contributed by atoms with Crippen LogP contribution in [0.1, 0.15) is 6.92 Å². The van der Waals surface area contributed by atoms with E-state index < -0.39 is 36.4 Å². The van der Waals surface area contributed by atoms with Crippen LogP contribution in [-0.4, -0.2) is 47.9 Å². The number of likely N-dealkylation sites (N-methyl/N-ethyl adjacent to an activating group) is 1. The fourth-order valence-corrected chi connectivity index (χ4v) is 1.08. The standard InChI is InChI=1S/C8H13NO6P2/c1-2-9(5(10)3-14-7(12)16)6(11)4-15-8(13)17/h2-4,16-17H2,1H3. The van der Waals surface area contributed by atoms with E-state index in [9.17, 15) is 19.2 Å². The van der Waals surface area contributed by atoms with Gasteiger partial charge in [-0.1, -0.05) is 0 Å². The van der Waals surface area contributed by atoms with Gasteiger partial charge in [-0.15, -0.1) is 0 Å². The van der Waals surface area contributed by atoms with Crippen LogP contribution in [0.5, 0.6) is 0 Å². The zero-order valence-electron chi connectivity index (χ0n) is 9.17. The Kier molecular flexibility index (Phi) is 7.59. The molecule has 0 aromatic carbocycles. The second-order valence-corrected chi connectivity index (χ2v) is 3.69. The zero-order chi connectivity index (χ0) is 13.4. The van der Waals surface area contributed by atoms with Gasteiger partial charge in [-0.3, -0.25) is 14.5 Å². The molecule has 0 saturated heterocycles. The maximum absolute atomic E-state index is 11.4. The molecule has 0 saturated carbocycles. The van der Waals surface area contributed by atoms with Crippen molar-refractivity contribution < 1.29 is 28.7 Å². The lowest BCUT2D eigenvalue weighted by atomic mass is 10.4. The van der Waals surface area contributed by atoms with Crippen molar-refractivity contribution >= 4 is 41.7 Å². The molecule has 0 aromatic rings. The molecule has 0 aliphatic heterocycles. The van der Waals surface area contributed by atoms with Crippen LogP contribution in [0.3, 0.4) is 0 Å². The minimum absolute atomic E-state index is 0.0977. The molecule has 7 nitrogen and oxygen atoms in total. The average Bonchev–Trinajstić information content (AvgIpc) is 2.24. The fourth-order valence-electron chi connectivity index (χ4n) is 0.913. The summed E-state index contributed by atoms with van der Waals surface area (Å²) in [5, 5.41) is 0. The first-order valence-electron chi connectivity index (χ1n) is 4.56. The Morgan fingerprint density at radius 1 is 0.941 bits per heavy atom. The van der Waals surface area contributed by atoms with Crippen LogP contribution in [0.2, 0.25) is 0 Å². The van der Waals surface area contributed by atoms with Crippen LogP contribution in [-0.2, 0) is 19.1 Å². The lowest BCUT2D eigenvalue weighted by Crippen LogP contribution is -2.41. The Morgan fingerprint density at radius 3 is 1.53 bits per heavy atom. The molecule has 0 N–H and O–H groups in total. The highest BCUT2D eigenvalue weighted by Crippen LogP contribution is 1.98. The highest BCUT2D eigenvalue weighted by molar-refractivity contribution is 7.39. The first kappa shape index (κ1) is 15.9. The van der Waals surface area contributed by atoms with E-state index in [-0.39, 0.29) is 6.54 Å². The molecular weight excluding hydrogens is 268 g/mol. The van der Waals surface area contributed by atoms with E-state index in [0.717, 1.165) is 4.90 Å². The molecular formula is C8H13NO6P2. The molecule has 0 radical (unpaired) electrons. The second-order valence-electron chi connectivity index (χ2n) is 2.75. The van der Waals surface area contributed by atoms with Crippen molar-refractivity contribution in [3.63, 3.8) is 0 Å². The number of rotatable bonds is 5. The highest BCUT2D eigenvalue weighted by Gasteiger charge is 2.21. The largest absolute Gasteiger partial charge is 0.453 e. The Hall–Kier alpha value is -1.06. The SMILES string of the molecule is CCN(C(=O)COC(=O)P)C(=O)COC(=O)P. The first-order chi connectivity index (χ1) is 7.88. The summed E-state index contributed by atoms with van der Waals surface area (Å²) in [5.74, 6) is -1.35. The predicted octanol–water partition coefficient (Wildman–Crippen LogP) is 0.385. The fraction of sp³-hybridized carbons (Fsp3) is 0.500. The quantitative estimate of drug-likeness (QED) is 0.677. The van der Waals surface area contributed by atoms with Gasteiger partial charge in [0, 0.05) is 6.54 Å². The van der Waals surface area contributed by atoms with Gasteiger partial charge in [0.25, 0.3) is 11.8 Å². The first-order valence-corrected chi connectivity index (χ1v) is 5.71. The molecule has 2 unspecified atom stereocenters. The summed E-state index contributed by atoms with van der Waals surface area (Å²) in [5.41, 5.74) is -1.39. The average molecular weight is 281 g/mol. The second kappa shape index (κ2) is 8.09. The molecule has 0 rings (SSSR count). The van der Waals surface area contributed by atoms with E-state index in [1.165, 1.54) is 0 Å². The van der Waals surface area contributed by atoms with Crippen LogP contribution >= 0.6 is 18.5 Å². The van der Waals surface area contributed by atoms with Crippen molar-refractivity contribution in [1.29, 1.82) is 0 Å². The van der Waals surface area contributed by atoms with Crippen LogP contribution in [0, 0.1) is 0 Å². The van der Waals surface area contributed by atoms with E-state index in [2.05, 4.69) is 9.47 Å². The molecule has 2 atom stereocenters. The van der Waals surface area contributed by atoms with Crippen molar-refractivity contribution in [3.8, 4) is 0 Å². The van der Waals surface area contributed by atoms with Gasteiger partial charge in [-0.05, 0) is 25.4 Å². The smallest absolute Gasteiger partial charge is 0.320 e. The van der Waals surface area contributed by atoms with Crippen LogP contribution in [0.15, 0.2) is 0 Å². The monoisotopic (exact) mass is 281 g/mol. The number of imide groups is 1. The Morgan fingerprint density at radius 2 is 1.29 bits per heavy atom. The number of ether oxygens (including phenoxy) is 2. The summed E-state index contributed by atoms with van der Waals surface area (Å²) in [4.78, 5) is 44.6. The maximum atomic E-state index is 11.4. The molecule has 0 bridgehead atoms. The van der Waals surface area contributed by atoms with Gasteiger partial charge in [0.1, 0.15) is 0 Å². The topological polar surface area (TPSA) is 90.0 Å². The minimum atomic E-state index is -0.696. The van der Waals surface area contributed by atoms with Gasteiger partial charge in [-0.2, -0.15) is 0 Å². The predicted molar refractivity (Wildman–Crippen MR) is 64.5 cm³/mol. The van der Waals surface area contributed by atoms with Crippen LogP contribution in [0.4, 0.5) is 9.59 Å². The van der Waals surface area contributed by atoms with Crippen molar-refractivity contribution in [2.24, 2.45) is 0 Å². The summed E-state index contributed by atoms with van der Waals surface area (Å²) >= 11 is 0. The van der Waals surface area contributed by atoms with Crippen molar-refractivity contribution in [2.45, 2.75) is 6.92 Å². The lowest BCUT2D eigenvalue weighted by Gasteiger charge is -2.18. The van der Waals surface area contributed by atoms with Gasteiger partial charge < -0.3 is 9.47 Å². The lowest BCUT2D eigenvalue weighted by molar-refractivity contribution is -0.147. The Labute approximate surface area is 103 Å². The van der Waals surface area contributed by atoms with E-state index >= 15 is 0 Å². The Bertz CT molecular complexity index is 302. The Balaban J connectivity index is 4.29. The summed E-state index contributed by atoms with van der Waals surface area (Å²) in [6.07, 6.45) is 0. The number of carbonyl (C=O) groups is 4. The summed E-state index contributed by atoms with van der Waals surface area (Å²) in [6, 6.07) is 0. The van der Waals surface area contributed by atoms with E-state index in [1.54, 1.807) is 25.4 Å². The third-order valence-electron chi connectivity index (χ3n) is 1.59. The molecule has 96 valence electrons. The third-order valence-corrected chi connectivity index (χ3v) is 1.93. The third kappa shape index (κ3) is 6.97. The molecule has 2 amide bonds. The maximum Gasteiger partial charge on any atom is 0.320 e. The van der Waals surface area contributed by atoms with Gasteiger partial charge in [0.15, 0.2) is 13.2 Å². The molecule has 0 aliphatic carbocycles. The zero-order valence-corrected chi connectivity index (χ0v) is 11.5. The van der Waals surface area contributed by atoms with Gasteiger partial charge >= 0.3 is 11.4 Å². The van der Waals surface area contributed by atoms with E-state index in [0.29, 0.717) is 0 Å².